The lowest BCUT2D eigenvalue weighted by Crippen LogP contribution is -2.14. The van der Waals surface area contributed by atoms with Gasteiger partial charge in [0.25, 0.3) is 0 Å². The molecule has 0 amide bonds. The number of imidazole rings is 1. The number of aryl methyl sites for hydroxylation is 1. The van der Waals surface area contributed by atoms with Crippen molar-refractivity contribution in [3.8, 4) is 11.5 Å². The number of furan rings is 1. The van der Waals surface area contributed by atoms with Gasteiger partial charge in [0.15, 0.2) is 5.76 Å². The summed E-state index contributed by atoms with van der Waals surface area (Å²) in [7, 11) is 0. The molecule has 0 aliphatic heterocycles. The van der Waals surface area contributed by atoms with Gasteiger partial charge in [-0.25, -0.2) is 4.98 Å². The summed E-state index contributed by atoms with van der Waals surface area (Å²) in [4.78, 5) is 7.53. The lowest BCUT2D eigenvalue weighted by atomic mass is 10.3. The van der Waals surface area contributed by atoms with Gasteiger partial charge in [0.2, 0.25) is 0 Å². The minimum Gasteiger partial charge on any atom is -0.460 e. The highest BCUT2D eigenvalue weighted by Crippen LogP contribution is 2.19. The third kappa shape index (κ3) is 2.52. The summed E-state index contributed by atoms with van der Waals surface area (Å²) in [5.41, 5.74) is 0.932. The molecule has 4 heteroatoms. The van der Waals surface area contributed by atoms with E-state index in [0.29, 0.717) is 0 Å². The molecule has 0 fully saturated rings. The third-order valence-corrected chi connectivity index (χ3v) is 2.35. The Labute approximate surface area is 95.1 Å². The number of H-pyrrole nitrogens is 1. The number of hydrogen-bond donors (Lipinski definition) is 2. The van der Waals surface area contributed by atoms with Crippen LogP contribution >= 0.6 is 0 Å². The molecule has 0 radical (unpaired) electrons. The topological polar surface area (TPSA) is 53.9 Å². The van der Waals surface area contributed by atoms with E-state index >= 15 is 0 Å². The molecule has 2 aromatic heterocycles. The van der Waals surface area contributed by atoms with Crippen molar-refractivity contribution in [2.24, 2.45) is 0 Å². The van der Waals surface area contributed by atoms with E-state index in [-0.39, 0.29) is 0 Å². The van der Waals surface area contributed by atoms with Gasteiger partial charge in [-0.2, -0.15) is 0 Å². The Hall–Kier alpha value is -1.55. The molecule has 0 saturated heterocycles. The molecule has 0 spiro atoms. The summed E-state index contributed by atoms with van der Waals surface area (Å²) < 4.78 is 5.52. The van der Waals surface area contributed by atoms with E-state index in [2.05, 4.69) is 22.2 Å². The van der Waals surface area contributed by atoms with Crippen molar-refractivity contribution in [1.29, 1.82) is 0 Å². The fourth-order valence-electron chi connectivity index (χ4n) is 1.54. The first-order valence-corrected chi connectivity index (χ1v) is 5.61. The Balaban J connectivity index is 2.02. The maximum Gasteiger partial charge on any atom is 0.152 e. The van der Waals surface area contributed by atoms with Crippen LogP contribution in [0.3, 0.4) is 0 Å². The van der Waals surface area contributed by atoms with Crippen molar-refractivity contribution in [2.45, 2.75) is 26.8 Å². The first-order chi connectivity index (χ1) is 7.79. The van der Waals surface area contributed by atoms with Crippen LogP contribution in [0.2, 0.25) is 0 Å². The number of nitrogens with zero attached hydrogens (tertiary/aromatic N) is 1. The SMILES string of the molecule is CCCNCc1ncc(-c2ccc(C)o2)[nH]1. The van der Waals surface area contributed by atoms with Gasteiger partial charge >= 0.3 is 0 Å². The first kappa shape index (κ1) is 11.0. The Kier molecular flexibility index (Phi) is 3.41. The monoisotopic (exact) mass is 219 g/mol. The molecule has 0 unspecified atom stereocenters. The fourth-order valence-corrected chi connectivity index (χ4v) is 1.54. The summed E-state index contributed by atoms with van der Waals surface area (Å²) in [5.74, 6) is 2.69. The van der Waals surface area contributed by atoms with Gasteiger partial charge in [-0.3, -0.25) is 0 Å². The van der Waals surface area contributed by atoms with Gasteiger partial charge in [0, 0.05) is 0 Å². The fraction of sp³-hybridized carbons (Fsp3) is 0.417. The van der Waals surface area contributed by atoms with Gasteiger partial charge in [-0.05, 0) is 32.0 Å². The van der Waals surface area contributed by atoms with E-state index in [9.17, 15) is 0 Å². The average Bonchev–Trinajstić information content (AvgIpc) is 2.87. The van der Waals surface area contributed by atoms with Crippen LogP contribution in [-0.4, -0.2) is 16.5 Å². The largest absolute Gasteiger partial charge is 0.460 e. The summed E-state index contributed by atoms with van der Waals surface area (Å²) in [6.07, 6.45) is 2.94. The molecule has 0 bridgehead atoms. The molecule has 4 nitrogen and oxygen atoms in total. The van der Waals surface area contributed by atoms with E-state index in [1.165, 1.54) is 0 Å². The number of hydrogen-bond acceptors (Lipinski definition) is 3. The van der Waals surface area contributed by atoms with Gasteiger partial charge in [-0.1, -0.05) is 6.92 Å². The molecule has 2 rings (SSSR count). The van der Waals surface area contributed by atoms with Crippen LogP contribution < -0.4 is 5.32 Å². The molecule has 0 aliphatic carbocycles. The second-order valence-electron chi connectivity index (χ2n) is 3.83. The second-order valence-corrected chi connectivity index (χ2v) is 3.83. The first-order valence-electron chi connectivity index (χ1n) is 5.61. The van der Waals surface area contributed by atoms with Crippen molar-refractivity contribution >= 4 is 0 Å². The lowest BCUT2D eigenvalue weighted by Gasteiger charge is -1.98. The highest BCUT2D eigenvalue weighted by atomic mass is 16.3. The van der Waals surface area contributed by atoms with E-state index in [1.54, 1.807) is 6.20 Å². The maximum absolute atomic E-state index is 5.52. The normalized spacial score (nSPS) is 10.9. The van der Waals surface area contributed by atoms with Gasteiger partial charge in [-0.15, -0.1) is 0 Å². The smallest absolute Gasteiger partial charge is 0.152 e. The Bertz CT molecular complexity index is 445. The Morgan fingerprint density at radius 2 is 2.31 bits per heavy atom. The summed E-state index contributed by atoms with van der Waals surface area (Å²) >= 11 is 0. The zero-order valence-corrected chi connectivity index (χ0v) is 9.71. The third-order valence-electron chi connectivity index (χ3n) is 2.35. The van der Waals surface area contributed by atoms with Crippen molar-refractivity contribution < 1.29 is 4.42 Å². The number of aromatic amines is 1. The molecule has 0 aliphatic rings. The standard InChI is InChI=1S/C12H17N3O/c1-3-6-13-8-12-14-7-10(15-12)11-5-4-9(2)16-11/h4-5,7,13H,3,6,8H2,1-2H3,(H,14,15). The quantitative estimate of drug-likeness (QED) is 0.759. The molecule has 86 valence electrons. The summed E-state index contributed by atoms with van der Waals surface area (Å²) in [5, 5.41) is 3.30. The minimum absolute atomic E-state index is 0.771. The van der Waals surface area contributed by atoms with Crippen molar-refractivity contribution in [2.75, 3.05) is 6.54 Å². The van der Waals surface area contributed by atoms with E-state index in [1.807, 2.05) is 19.1 Å². The number of rotatable bonds is 5. The van der Waals surface area contributed by atoms with Gasteiger partial charge in [0.1, 0.15) is 17.3 Å². The van der Waals surface area contributed by atoms with Crippen LogP contribution in [0.5, 0.6) is 0 Å². The van der Waals surface area contributed by atoms with Crippen LogP contribution in [-0.2, 0) is 6.54 Å². The highest BCUT2D eigenvalue weighted by Gasteiger charge is 2.06. The molecule has 16 heavy (non-hydrogen) atoms. The zero-order valence-electron chi connectivity index (χ0n) is 9.71. The molecule has 0 aromatic carbocycles. The molecule has 0 atom stereocenters. The number of nitrogens with one attached hydrogen (secondary N) is 2. The van der Waals surface area contributed by atoms with Crippen molar-refractivity contribution in [3.63, 3.8) is 0 Å². The lowest BCUT2D eigenvalue weighted by molar-refractivity contribution is 0.546. The molecular formula is C12H17N3O. The van der Waals surface area contributed by atoms with Crippen LogP contribution in [0.15, 0.2) is 22.7 Å². The van der Waals surface area contributed by atoms with Gasteiger partial charge in [0.05, 0.1) is 12.7 Å². The van der Waals surface area contributed by atoms with E-state index in [0.717, 1.165) is 42.5 Å². The minimum atomic E-state index is 0.771. The predicted octanol–water partition coefficient (Wildman–Crippen LogP) is 2.48. The van der Waals surface area contributed by atoms with Crippen LogP contribution in [0.1, 0.15) is 24.9 Å². The van der Waals surface area contributed by atoms with Crippen LogP contribution in [0.4, 0.5) is 0 Å². The van der Waals surface area contributed by atoms with E-state index < -0.39 is 0 Å². The zero-order chi connectivity index (χ0) is 11.4. The van der Waals surface area contributed by atoms with Crippen LogP contribution in [0.25, 0.3) is 11.5 Å². The Morgan fingerprint density at radius 1 is 1.44 bits per heavy atom. The average molecular weight is 219 g/mol. The molecular weight excluding hydrogens is 202 g/mol. The Morgan fingerprint density at radius 3 is 3.00 bits per heavy atom. The van der Waals surface area contributed by atoms with Crippen molar-refractivity contribution in [1.82, 2.24) is 15.3 Å². The molecule has 2 aromatic rings. The van der Waals surface area contributed by atoms with E-state index in [4.69, 9.17) is 4.42 Å². The van der Waals surface area contributed by atoms with Crippen LogP contribution in [0, 0.1) is 6.92 Å². The summed E-state index contributed by atoms with van der Waals surface area (Å²) in [6, 6.07) is 3.90. The van der Waals surface area contributed by atoms with Crippen molar-refractivity contribution in [3.05, 3.63) is 29.9 Å². The molecule has 2 N–H and O–H groups in total. The second kappa shape index (κ2) is 4.99. The maximum atomic E-state index is 5.52. The summed E-state index contributed by atoms with van der Waals surface area (Å²) in [6.45, 7) is 5.86. The predicted molar refractivity (Wildman–Crippen MR) is 63.0 cm³/mol. The van der Waals surface area contributed by atoms with Gasteiger partial charge < -0.3 is 14.7 Å². The number of aromatic nitrogens is 2. The molecule has 2 heterocycles. The highest BCUT2D eigenvalue weighted by molar-refractivity contribution is 5.51. The molecule has 0 saturated carbocycles.